The van der Waals surface area contributed by atoms with Gasteiger partial charge in [-0.15, -0.1) is 0 Å². The lowest BCUT2D eigenvalue weighted by molar-refractivity contribution is 0.266. The minimum Gasteiger partial charge on any atom is -0.759 e. The fraction of sp³-hybridized carbons (Fsp3) is 1.00. The van der Waals surface area contributed by atoms with Gasteiger partial charge in [-0.1, -0.05) is 0 Å². The zero-order valence-corrected chi connectivity index (χ0v) is 7.08. The summed E-state index contributed by atoms with van der Waals surface area (Å²) in [6, 6.07) is 0. The molecule has 0 rings (SSSR count). The Kier molecular flexibility index (Phi) is 10.5. The van der Waals surface area contributed by atoms with Gasteiger partial charge in [0.2, 0.25) is 0 Å². The highest BCUT2D eigenvalue weighted by Gasteiger charge is 1.78. The summed E-state index contributed by atoms with van der Waals surface area (Å²) in [5.41, 5.74) is 0. The maximum atomic E-state index is 8.52. The highest BCUT2D eigenvalue weighted by atomic mass is 32.3. The van der Waals surface area contributed by atoms with Crippen molar-refractivity contribution in [2.75, 3.05) is 26.3 Å². The minimum atomic E-state index is -5.17. The molecule has 0 fully saturated rings. The quantitative estimate of drug-likeness (QED) is 0.254. The van der Waals surface area contributed by atoms with E-state index in [4.69, 9.17) is 27.7 Å². The van der Waals surface area contributed by atoms with Crippen molar-refractivity contribution in [1.29, 1.82) is 0 Å². The van der Waals surface area contributed by atoms with Crippen molar-refractivity contribution in [2.24, 2.45) is 0 Å². The van der Waals surface area contributed by atoms with Crippen LogP contribution in [0.1, 0.15) is 0 Å². The van der Waals surface area contributed by atoms with Crippen LogP contribution in [0.25, 0.3) is 0 Å². The molecule has 0 radical (unpaired) electrons. The van der Waals surface area contributed by atoms with Gasteiger partial charge in [0.15, 0.2) is 0 Å². The summed E-state index contributed by atoms with van der Waals surface area (Å²) in [6.45, 7) is 1.42. The predicted octanol–water partition coefficient (Wildman–Crippen LogP) is -2.78. The van der Waals surface area contributed by atoms with E-state index in [1.807, 2.05) is 0 Å². The molecule has 0 aliphatic heterocycles. The molecule has 3 N–H and O–H groups in total. The van der Waals surface area contributed by atoms with Gasteiger partial charge in [0.1, 0.15) is 0 Å². The molecule has 7 nitrogen and oxygen atoms in total. The molecule has 0 aromatic carbocycles. The third kappa shape index (κ3) is 53.1. The Hall–Kier alpha value is -0.250. The van der Waals surface area contributed by atoms with Crippen LogP contribution >= 0.6 is 0 Å². The summed E-state index contributed by atoms with van der Waals surface area (Å²) < 4.78 is 34.1. The van der Waals surface area contributed by atoms with Crippen molar-refractivity contribution in [3.8, 4) is 0 Å². The van der Waals surface area contributed by atoms with Crippen molar-refractivity contribution < 1.29 is 27.7 Å². The number of aliphatic hydroxyl groups is 2. The second kappa shape index (κ2) is 8.84. The normalized spacial score (nSPS) is 10.3. The second-order valence-electron chi connectivity index (χ2n) is 1.61. The fourth-order valence-corrected chi connectivity index (χ4v) is 0.283. The molecule has 0 spiro atoms. The van der Waals surface area contributed by atoms with E-state index in [9.17, 15) is 0 Å². The second-order valence-corrected chi connectivity index (χ2v) is 2.42. The Morgan fingerprint density at radius 1 is 1.08 bits per heavy atom. The van der Waals surface area contributed by atoms with E-state index < -0.39 is 10.4 Å². The van der Waals surface area contributed by atoms with E-state index >= 15 is 0 Å². The van der Waals surface area contributed by atoms with Crippen LogP contribution in [0, 0.1) is 0 Å². The number of aliphatic hydroxyl groups excluding tert-OH is 2. The molecule has 0 heterocycles. The topological polar surface area (TPSA) is 133 Å². The Morgan fingerprint density at radius 2 is 1.33 bits per heavy atom. The molecule has 0 aromatic heterocycles. The zero-order chi connectivity index (χ0) is 10.0. The fourth-order valence-electron chi connectivity index (χ4n) is 0.283. The van der Waals surface area contributed by atoms with Gasteiger partial charge in [-0.05, 0) is 0 Å². The van der Waals surface area contributed by atoms with Crippen LogP contribution in [0.5, 0.6) is 0 Å². The summed E-state index contributed by atoms with van der Waals surface area (Å²) in [6.07, 6.45) is 0. The number of hydrogen-bond acceptors (Lipinski definition) is 7. The maximum Gasteiger partial charge on any atom is 0.0555 e. The highest BCUT2D eigenvalue weighted by Crippen LogP contribution is 1.57. The van der Waals surface area contributed by atoms with Crippen molar-refractivity contribution in [3.63, 3.8) is 0 Å². The standard InChI is InChI=1S/C4H11NO2.H2O4S/c6-3-1-5-2-4-7;1-5(2,3)4/h5-7H,1-4H2;(H2,1,2,3,4)/p-2. The van der Waals surface area contributed by atoms with Crippen LogP contribution < -0.4 is 5.32 Å². The van der Waals surface area contributed by atoms with Crippen LogP contribution in [-0.2, 0) is 10.4 Å². The molecular weight excluding hydrogens is 190 g/mol. The summed E-state index contributed by atoms with van der Waals surface area (Å²) in [7, 11) is -5.17. The summed E-state index contributed by atoms with van der Waals surface area (Å²) in [4.78, 5) is 0. The first-order chi connectivity index (χ1) is 5.41. The zero-order valence-electron chi connectivity index (χ0n) is 6.26. The molecular formula is C4H11NO6S-2. The van der Waals surface area contributed by atoms with Crippen LogP contribution in [0.3, 0.4) is 0 Å². The monoisotopic (exact) mass is 201 g/mol. The molecule has 0 saturated carbocycles. The van der Waals surface area contributed by atoms with Gasteiger partial charge in [-0.3, -0.25) is 8.42 Å². The molecule has 0 amide bonds. The van der Waals surface area contributed by atoms with Crippen molar-refractivity contribution >= 4 is 10.4 Å². The smallest absolute Gasteiger partial charge is 0.0555 e. The molecule has 76 valence electrons. The summed E-state index contributed by atoms with van der Waals surface area (Å²) in [5.74, 6) is 0. The number of rotatable bonds is 4. The molecule has 8 heteroatoms. The van der Waals surface area contributed by atoms with Gasteiger partial charge in [-0.25, -0.2) is 0 Å². The lowest BCUT2D eigenvalue weighted by atomic mass is 10.6. The Morgan fingerprint density at radius 3 is 1.50 bits per heavy atom. The van der Waals surface area contributed by atoms with Crippen LogP contribution in [-0.4, -0.2) is 54.0 Å². The van der Waals surface area contributed by atoms with Gasteiger partial charge in [0.25, 0.3) is 0 Å². The first-order valence-corrected chi connectivity index (χ1v) is 4.34. The molecule has 0 unspecified atom stereocenters. The first kappa shape index (κ1) is 14.3. The van der Waals surface area contributed by atoms with Gasteiger partial charge in [-0.2, -0.15) is 0 Å². The van der Waals surface area contributed by atoms with E-state index in [0.29, 0.717) is 13.1 Å². The molecule has 0 saturated heterocycles. The van der Waals surface area contributed by atoms with Gasteiger partial charge in [0, 0.05) is 23.5 Å². The maximum absolute atomic E-state index is 8.52. The van der Waals surface area contributed by atoms with Crippen LogP contribution in [0.15, 0.2) is 0 Å². The molecule has 12 heavy (non-hydrogen) atoms. The lowest BCUT2D eigenvalue weighted by Gasteiger charge is -2.06. The molecule has 0 aliphatic carbocycles. The van der Waals surface area contributed by atoms with E-state index in [0.717, 1.165) is 0 Å². The third-order valence-corrected chi connectivity index (χ3v) is 0.577. The molecule has 0 aromatic rings. The van der Waals surface area contributed by atoms with Gasteiger partial charge in [0.05, 0.1) is 13.2 Å². The largest absolute Gasteiger partial charge is 0.759 e. The minimum absolute atomic E-state index is 0.139. The van der Waals surface area contributed by atoms with Crippen LogP contribution in [0.2, 0.25) is 0 Å². The first-order valence-electron chi connectivity index (χ1n) is 3.01. The number of hydrogen-bond donors (Lipinski definition) is 3. The van der Waals surface area contributed by atoms with Crippen molar-refractivity contribution in [3.05, 3.63) is 0 Å². The molecule has 0 aliphatic rings. The predicted molar refractivity (Wildman–Crippen MR) is 37.5 cm³/mol. The lowest BCUT2D eigenvalue weighted by Crippen LogP contribution is -2.21. The van der Waals surface area contributed by atoms with E-state index in [1.54, 1.807) is 0 Å². The highest BCUT2D eigenvalue weighted by molar-refractivity contribution is 7.79. The van der Waals surface area contributed by atoms with E-state index in [-0.39, 0.29) is 13.2 Å². The summed E-state index contributed by atoms with van der Waals surface area (Å²) >= 11 is 0. The third-order valence-electron chi connectivity index (χ3n) is 0.577. The van der Waals surface area contributed by atoms with Gasteiger partial charge < -0.3 is 24.6 Å². The van der Waals surface area contributed by atoms with Crippen molar-refractivity contribution in [1.82, 2.24) is 5.32 Å². The van der Waals surface area contributed by atoms with E-state index in [2.05, 4.69) is 5.32 Å². The van der Waals surface area contributed by atoms with E-state index in [1.165, 1.54) is 0 Å². The van der Waals surface area contributed by atoms with Gasteiger partial charge >= 0.3 is 0 Å². The van der Waals surface area contributed by atoms with Crippen molar-refractivity contribution in [2.45, 2.75) is 0 Å². The summed E-state index contributed by atoms with van der Waals surface area (Å²) in [5, 5.41) is 19.1. The molecule has 0 bridgehead atoms. The average molecular weight is 201 g/mol. The molecule has 0 atom stereocenters. The SMILES string of the molecule is O=S(=O)([O-])[O-].OCCNCCO. The Labute approximate surface area is 70.6 Å². The Bertz CT molecular complexity index is 154. The number of nitrogens with one attached hydrogen (secondary N) is 1. The average Bonchev–Trinajstić information content (AvgIpc) is 1.85. The van der Waals surface area contributed by atoms with Crippen LogP contribution in [0.4, 0.5) is 0 Å². The Balaban J connectivity index is 0.